The fourth-order valence-electron chi connectivity index (χ4n) is 3.36. The second kappa shape index (κ2) is 9.69. The molecule has 0 aliphatic carbocycles. The van der Waals surface area contributed by atoms with Crippen LogP contribution in [0.5, 0.6) is 5.75 Å². The number of rotatable bonds is 8. The van der Waals surface area contributed by atoms with E-state index in [1.807, 2.05) is 43.3 Å². The average molecular weight is 503 g/mol. The highest BCUT2D eigenvalue weighted by atomic mass is 35.5. The van der Waals surface area contributed by atoms with Crippen molar-refractivity contribution in [3.8, 4) is 5.75 Å². The Kier molecular flexibility index (Phi) is 6.90. The van der Waals surface area contributed by atoms with Gasteiger partial charge in [0.05, 0.1) is 27.7 Å². The van der Waals surface area contributed by atoms with E-state index in [2.05, 4.69) is 4.72 Å². The molecule has 9 heteroatoms. The minimum atomic E-state index is -3.78. The lowest BCUT2D eigenvalue weighted by atomic mass is 10.2. The molecule has 0 aliphatic rings. The standard InChI is InChI=1S/C24H23ClN2O4S2/c1-16-3-9-20(10-4-16)31-15-17(2)26-33(29,30)21-11-12-22-23(13-21)32-24(28)27(22)14-18-5-7-19(25)8-6-18/h3-13,17,26H,14-15H2,1-2H3/t17-/m0/s1. The first-order chi connectivity index (χ1) is 15.7. The van der Waals surface area contributed by atoms with Gasteiger partial charge in [0.15, 0.2) is 0 Å². The van der Waals surface area contributed by atoms with Crippen molar-refractivity contribution in [3.63, 3.8) is 0 Å². The van der Waals surface area contributed by atoms with Crippen LogP contribution in [0, 0.1) is 6.92 Å². The molecular weight excluding hydrogens is 480 g/mol. The van der Waals surface area contributed by atoms with Crippen molar-refractivity contribution >= 4 is 43.2 Å². The van der Waals surface area contributed by atoms with Crippen LogP contribution < -0.4 is 14.3 Å². The van der Waals surface area contributed by atoms with Crippen molar-refractivity contribution in [1.82, 2.24) is 9.29 Å². The Morgan fingerprint density at radius 1 is 1.06 bits per heavy atom. The SMILES string of the molecule is Cc1ccc(OC[C@H](C)NS(=O)(=O)c2ccc3c(c2)sc(=O)n3Cc2ccc(Cl)cc2)cc1. The first-order valence-corrected chi connectivity index (χ1v) is 13.0. The summed E-state index contributed by atoms with van der Waals surface area (Å²) in [5, 5.41) is 0.627. The number of aromatic nitrogens is 1. The number of nitrogens with one attached hydrogen (secondary N) is 1. The molecule has 172 valence electrons. The third kappa shape index (κ3) is 5.65. The third-order valence-corrected chi connectivity index (χ3v) is 7.86. The Labute approximate surface area is 201 Å². The van der Waals surface area contributed by atoms with Gasteiger partial charge in [-0.1, -0.05) is 52.8 Å². The Hall–Kier alpha value is -2.65. The van der Waals surface area contributed by atoms with E-state index < -0.39 is 16.1 Å². The number of nitrogens with zero attached hydrogens (tertiary/aromatic N) is 1. The summed E-state index contributed by atoms with van der Waals surface area (Å²) >= 11 is 6.96. The predicted molar refractivity (Wildman–Crippen MR) is 133 cm³/mol. The second-order valence-corrected chi connectivity index (χ2v) is 11.0. The highest BCUT2D eigenvalue weighted by molar-refractivity contribution is 7.89. The molecular formula is C24H23ClN2O4S2. The molecule has 1 aromatic heterocycles. The molecule has 0 saturated carbocycles. The van der Waals surface area contributed by atoms with E-state index in [-0.39, 0.29) is 16.4 Å². The topological polar surface area (TPSA) is 77.4 Å². The molecule has 0 aliphatic heterocycles. The van der Waals surface area contributed by atoms with Crippen LogP contribution in [0.4, 0.5) is 0 Å². The lowest BCUT2D eigenvalue weighted by Gasteiger charge is -2.15. The Balaban J connectivity index is 1.49. The third-order valence-electron chi connectivity index (χ3n) is 5.08. The number of hydrogen-bond acceptors (Lipinski definition) is 5. The second-order valence-electron chi connectivity index (χ2n) is 7.86. The number of benzene rings is 3. The fraction of sp³-hybridized carbons (Fsp3) is 0.208. The van der Waals surface area contributed by atoms with E-state index in [9.17, 15) is 13.2 Å². The highest BCUT2D eigenvalue weighted by Crippen LogP contribution is 2.23. The molecule has 4 aromatic rings. The Bertz CT molecular complexity index is 1430. The summed E-state index contributed by atoms with van der Waals surface area (Å²) in [6.45, 7) is 4.30. The van der Waals surface area contributed by atoms with Crippen LogP contribution in [0.1, 0.15) is 18.1 Å². The van der Waals surface area contributed by atoms with Crippen molar-refractivity contribution < 1.29 is 13.2 Å². The van der Waals surface area contributed by atoms with Gasteiger partial charge in [-0.05, 0) is 61.9 Å². The molecule has 0 fully saturated rings. The van der Waals surface area contributed by atoms with Crippen molar-refractivity contribution in [2.24, 2.45) is 0 Å². The molecule has 0 spiro atoms. The summed E-state index contributed by atoms with van der Waals surface area (Å²) in [7, 11) is -3.78. The first kappa shape index (κ1) is 23.5. The van der Waals surface area contributed by atoms with Crippen LogP contribution in [-0.2, 0) is 16.6 Å². The maximum absolute atomic E-state index is 12.9. The molecule has 4 rings (SSSR count). The summed E-state index contributed by atoms with van der Waals surface area (Å²) in [4.78, 5) is 12.5. The van der Waals surface area contributed by atoms with Gasteiger partial charge in [-0.25, -0.2) is 13.1 Å². The summed E-state index contributed by atoms with van der Waals surface area (Å²) in [6, 6.07) is 19.1. The van der Waals surface area contributed by atoms with E-state index in [4.69, 9.17) is 16.3 Å². The zero-order valence-electron chi connectivity index (χ0n) is 18.1. The number of fused-ring (bicyclic) bond motifs is 1. The van der Waals surface area contributed by atoms with Gasteiger partial charge < -0.3 is 4.74 Å². The largest absolute Gasteiger partial charge is 0.492 e. The molecule has 6 nitrogen and oxygen atoms in total. The van der Waals surface area contributed by atoms with E-state index in [0.29, 0.717) is 27.5 Å². The minimum Gasteiger partial charge on any atom is -0.492 e. The Morgan fingerprint density at radius 3 is 2.45 bits per heavy atom. The van der Waals surface area contributed by atoms with Crippen LogP contribution >= 0.6 is 22.9 Å². The lowest BCUT2D eigenvalue weighted by molar-refractivity contribution is 0.287. The molecule has 0 radical (unpaired) electrons. The molecule has 0 bridgehead atoms. The van der Waals surface area contributed by atoms with Gasteiger partial charge in [0, 0.05) is 5.02 Å². The quantitative estimate of drug-likeness (QED) is 0.375. The van der Waals surface area contributed by atoms with Crippen LogP contribution in [0.25, 0.3) is 10.2 Å². The number of aryl methyl sites for hydroxylation is 1. The maximum atomic E-state index is 12.9. The van der Waals surface area contributed by atoms with Gasteiger partial charge in [0.1, 0.15) is 12.4 Å². The number of halogens is 1. The molecule has 33 heavy (non-hydrogen) atoms. The number of hydrogen-bond donors (Lipinski definition) is 1. The van der Waals surface area contributed by atoms with E-state index in [0.717, 1.165) is 22.5 Å². The highest BCUT2D eigenvalue weighted by Gasteiger charge is 2.20. The molecule has 0 unspecified atom stereocenters. The van der Waals surface area contributed by atoms with E-state index >= 15 is 0 Å². The van der Waals surface area contributed by atoms with Crippen molar-refractivity contribution in [2.45, 2.75) is 31.3 Å². The van der Waals surface area contributed by atoms with Crippen molar-refractivity contribution in [1.29, 1.82) is 0 Å². The van der Waals surface area contributed by atoms with Gasteiger partial charge in [-0.2, -0.15) is 0 Å². The van der Waals surface area contributed by atoms with Crippen LogP contribution in [-0.4, -0.2) is 25.6 Å². The number of sulfonamides is 1. The molecule has 0 saturated heterocycles. The molecule has 1 N–H and O–H groups in total. The molecule has 1 heterocycles. The molecule has 1 atom stereocenters. The summed E-state index contributed by atoms with van der Waals surface area (Å²) in [5.41, 5.74) is 2.74. The normalized spacial score (nSPS) is 12.7. The lowest BCUT2D eigenvalue weighted by Crippen LogP contribution is -2.36. The number of ether oxygens (including phenoxy) is 1. The summed E-state index contributed by atoms with van der Waals surface area (Å²) < 4.78 is 36.4. The van der Waals surface area contributed by atoms with Gasteiger partial charge in [-0.15, -0.1) is 0 Å². The van der Waals surface area contributed by atoms with Gasteiger partial charge in [0.25, 0.3) is 0 Å². The van der Waals surface area contributed by atoms with Crippen molar-refractivity contribution in [2.75, 3.05) is 6.61 Å². The summed E-state index contributed by atoms with van der Waals surface area (Å²) in [5.74, 6) is 0.680. The van der Waals surface area contributed by atoms with Gasteiger partial charge in [-0.3, -0.25) is 9.36 Å². The number of thiazole rings is 1. The first-order valence-electron chi connectivity index (χ1n) is 10.3. The minimum absolute atomic E-state index is 0.108. The van der Waals surface area contributed by atoms with Crippen LogP contribution in [0.15, 0.2) is 76.4 Å². The van der Waals surface area contributed by atoms with Crippen LogP contribution in [0.2, 0.25) is 5.02 Å². The zero-order chi connectivity index (χ0) is 23.6. The zero-order valence-corrected chi connectivity index (χ0v) is 20.5. The van der Waals surface area contributed by atoms with E-state index in [1.165, 1.54) is 12.1 Å². The van der Waals surface area contributed by atoms with Crippen molar-refractivity contribution in [3.05, 3.63) is 92.5 Å². The smallest absolute Gasteiger partial charge is 0.308 e. The van der Waals surface area contributed by atoms with E-state index in [1.54, 1.807) is 29.7 Å². The molecule has 0 amide bonds. The monoisotopic (exact) mass is 502 g/mol. The Morgan fingerprint density at radius 2 is 1.76 bits per heavy atom. The maximum Gasteiger partial charge on any atom is 0.308 e. The predicted octanol–water partition coefficient (Wildman–Crippen LogP) is 4.82. The average Bonchev–Trinajstić information content (AvgIpc) is 3.09. The van der Waals surface area contributed by atoms with Crippen LogP contribution in [0.3, 0.4) is 0 Å². The fourth-order valence-corrected chi connectivity index (χ4v) is 5.74. The van der Waals surface area contributed by atoms with Gasteiger partial charge in [0.2, 0.25) is 10.0 Å². The molecule has 3 aromatic carbocycles. The summed E-state index contributed by atoms with van der Waals surface area (Å²) in [6.07, 6.45) is 0. The van der Waals surface area contributed by atoms with Gasteiger partial charge >= 0.3 is 4.87 Å².